The van der Waals surface area contributed by atoms with E-state index in [4.69, 9.17) is 59.1 Å². The fourth-order valence-corrected chi connectivity index (χ4v) is 17.5. The third-order valence-corrected chi connectivity index (χ3v) is 21.8. The van der Waals surface area contributed by atoms with E-state index in [1.165, 1.54) is 14.2 Å². The number of nitrogens with two attached hydrogens (primary N) is 4. The van der Waals surface area contributed by atoms with E-state index in [0.29, 0.717) is 0 Å². The molecule has 4 fully saturated rings. The summed E-state index contributed by atoms with van der Waals surface area (Å²) in [6.45, 7) is 9.73. The number of aromatic hydroxyl groups is 2. The van der Waals surface area contributed by atoms with Crippen LogP contribution in [0.3, 0.4) is 0 Å². The molecule has 4 heterocycles. The lowest BCUT2D eigenvalue weighted by molar-refractivity contribution is -0.616. The Morgan fingerprint density at radius 1 is 0.551 bits per heavy atom. The molecule has 30 nitrogen and oxygen atoms in total. The van der Waals surface area contributed by atoms with E-state index < -0.39 is 260 Å². The zero-order valence-electron chi connectivity index (χ0n) is 56.4. The fraction of sp³-hybridized carbons (Fsp3) is 0.588. The number of aliphatic hydroxyl groups excluding tert-OH is 6. The summed E-state index contributed by atoms with van der Waals surface area (Å²) >= 11 is 0. The number of phenolic OH excluding ortho intramolecular Hbond substituents is 2. The number of nitrogens with zero attached hydrogens (tertiary/aromatic N) is 2. The van der Waals surface area contributed by atoms with E-state index in [9.17, 15) is 55.5 Å². The van der Waals surface area contributed by atoms with Gasteiger partial charge in [0.15, 0.2) is 53.9 Å². The fourth-order valence-electron chi connectivity index (χ4n) is 17.5. The number of phenols is 2. The minimum absolute atomic E-state index is 0.221. The minimum atomic E-state index is -2.47. The van der Waals surface area contributed by atoms with Gasteiger partial charge in [0.25, 0.3) is 0 Å². The minimum Gasteiger partial charge on any atom is -0.872 e. The smallest absolute Gasteiger partial charge is 0.204 e. The van der Waals surface area contributed by atoms with Gasteiger partial charge in [0.2, 0.25) is 5.78 Å². The summed E-state index contributed by atoms with van der Waals surface area (Å²) in [5.41, 5.74) is -10.0. The molecule has 6 aliphatic carbocycles. The van der Waals surface area contributed by atoms with Gasteiger partial charge in [-0.2, -0.15) is 11.7 Å². The van der Waals surface area contributed by atoms with Crippen LogP contribution in [0.25, 0.3) is 11.3 Å². The summed E-state index contributed by atoms with van der Waals surface area (Å²) in [7, 11) is 9.69. The van der Waals surface area contributed by atoms with E-state index in [1.807, 2.05) is 0 Å². The molecular weight excluding hydrogens is 1280 g/mol. The molecule has 0 amide bonds. The second-order valence-electron chi connectivity index (χ2n) is 27.4. The number of fused-ring (bicyclic) bond motifs is 7. The van der Waals surface area contributed by atoms with Gasteiger partial charge in [-0.25, -0.2) is 10.9 Å². The van der Waals surface area contributed by atoms with Crippen molar-refractivity contribution in [3.63, 3.8) is 0 Å². The maximum absolute atomic E-state index is 15.9. The molecule has 534 valence electrons. The normalized spacial score (nSPS) is 37.9. The SMILES string of the molecule is CCC1(OC2CC(OC)C(O)C(C)O2)C(OC2CC(O)C(N(C)C)C(C)O2)C2=C([NH2+]N)C3=C(C(=O)c4c([O-])ccc(O)c4C3=O)C2=C(O)C1C1C(O)=C2C(=C([NH2+]N)c3c(O)c4c(c([O-])c32)C(=O)C=CC4=O)C(OC2CC(O)C(N(C)C)C(C)O2)C1(CC)OC1CC(OC)C(O)C(C)O1. The van der Waals surface area contributed by atoms with Gasteiger partial charge in [0.1, 0.15) is 58.6 Å². The van der Waals surface area contributed by atoms with Crippen LogP contribution in [0.15, 0.2) is 69.4 Å². The van der Waals surface area contributed by atoms with Crippen molar-refractivity contribution in [2.24, 2.45) is 23.5 Å². The number of hydrogen-bond donors (Lipinski definition) is 12. The van der Waals surface area contributed by atoms with Crippen LogP contribution < -0.4 is 32.7 Å². The topological polar surface area (TPSA) is 460 Å². The van der Waals surface area contributed by atoms with Gasteiger partial charge in [-0.05, 0) is 92.5 Å². The van der Waals surface area contributed by atoms with Gasteiger partial charge >= 0.3 is 0 Å². The highest BCUT2D eigenvalue weighted by atomic mass is 16.7. The highest BCUT2D eigenvalue weighted by molar-refractivity contribution is 6.33. The number of hydrogen-bond acceptors (Lipinski definition) is 28. The Labute approximate surface area is 564 Å². The van der Waals surface area contributed by atoms with E-state index in [0.717, 1.165) is 35.1 Å². The van der Waals surface area contributed by atoms with Crippen molar-refractivity contribution in [1.82, 2.24) is 9.80 Å². The lowest BCUT2D eigenvalue weighted by Gasteiger charge is -2.59. The summed E-state index contributed by atoms with van der Waals surface area (Å²) in [5, 5.41) is 131. The van der Waals surface area contributed by atoms with Crippen molar-refractivity contribution in [3.8, 4) is 23.0 Å². The monoisotopic (exact) mass is 1370 g/mol. The molecule has 30 heteroatoms. The van der Waals surface area contributed by atoms with Crippen LogP contribution in [0.4, 0.5) is 0 Å². The maximum atomic E-state index is 15.9. The van der Waals surface area contributed by atoms with Gasteiger partial charge in [-0.3, -0.25) is 19.2 Å². The van der Waals surface area contributed by atoms with Crippen LogP contribution in [-0.4, -0.2) is 238 Å². The molecule has 0 spiro atoms. The Hall–Kier alpha value is -6.44. The number of rotatable bonds is 17. The standard InChI is InChI=1S/C68H88N6O24/c1-13-67(97-37-21-33(89-11)57(81)25(5)93-37)51(63(87)45-43-47(61(85)41-29(77)17-15-27(75)39(41)59(43)83)53(71-69)49(45)65(67)95-35-19-31(79)55(73(7)8)23(3)91-35)52-64(88)46-44-48(62(86)42-30(78)18-16-28(76)40(42)60(44)84)54(72-70)50(46)66(96-36-20-32(80)56(74(9)10)24(4)92-36)68(52,14-2)98-38-22-34(90-12)58(82)26(6)94-38/h15-18,23-26,31-38,51-52,55-58,65-66,71-72,75,77,79-82,84,86-88H,13-14,19-22,69-70H2,1-12H3. The molecule has 98 heavy (non-hydrogen) atoms. The number of ketones is 4. The van der Waals surface area contributed by atoms with Gasteiger partial charge < -0.3 is 108 Å². The number of carbonyl (C=O) groups is 4. The molecule has 0 bridgehead atoms. The van der Waals surface area contributed by atoms with Crippen LogP contribution in [-0.2, 0) is 47.4 Å². The summed E-state index contributed by atoms with van der Waals surface area (Å²) in [4.78, 5) is 63.1. The zero-order valence-corrected chi connectivity index (χ0v) is 56.4. The van der Waals surface area contributed by atoms with Gasteiger partial charge in [-0.1, -0.05) is 31.4 Å². The largest absolute Gasteiger partial charge is 0.872 e. The lowest BCUT2D eigenvalue weighted by Crippen LogP contribution is -2.90. The van der Waals surface area contributed by atoms with Crippen LogP contribution >= 0.6 is 0 Å². The first-order valence-electron chi connectivity index (χ1n) is 33.0. The van der Waals surface area contributed by atoms with Crippen LogP contribution in [0, 0.1) is 11.8 Å². The van der Waals surface area contributed by atoms with Crippen molar-refractivity contribution in [1.29, 1.82) is 0 Å². The molecule has 10 aliphatic rings. The summed E-state index contributed by atoms with van der Waals surface area (Å²) < 4.78 is 68.5. The number of quaternary nitrogens is 2. The lowest BCUT2D eigenvalue weighted by atomic mass is 9.56. The molecule has 4 aliphatic heterocycles. The van der Waals surface area contributed by atoms with E-state index >= 15 is 14.7 Å². The van der Waals surface area contributed by atoms with Crippen molar-refractivity contribution in [2.45, 2.75) is 202 Å². The number of Topliss-reactive ketones (excluding diaryl/α,β-unsaturated/α-hetero) is 2. The zero-order chi connectivity index (χ0) is 71.1. The Kier molecular flexibility index (Phi) is 19.3. The molecule has 0 radical (unpaired) electrons. The molecule has 0 saturated carbocycles. The number of likely N-dealkylation sites (N-methyl/N-ethyl adjacent to an activating group) is 2. The Balaban J connectivity index is 1.24. The Bertz CT molecular complexity index is 3800. The summed E-state index contributed by atoms with van der Waals surface area (Å²) in [6, 6.07) is 0.592. The number of aliphatic hydroxyl groups is 6. The molecule has 22 unspecified atom stereocenters. The first kappa shape index (κ1) is 71.4. The molecule has 2 aromatic rings. The predicted octanol–water partition coefficient (Wildman–Crippen LogP) is -1.26. The van der Waals surface area contributed by atoms with Gasteiger partial charge in [-0.15, -0.1) is 0 Å². The van der Waals surface area contributed by atoms with Crippen LogP contribution in [0.2, 0.25) is 0 Å². The van der Waals surface area contributed by atoms with Crippen molar-refractivity contribution in [2.75, 3.05) is 42.4 Å². The van der Waals surface area contributed by atoms with Gasteiger partial charge in [0, 0.05) is 62.2 Å². The first-order chi connectivity index (χ1) is 46.4. The third-order valence-electron chi connectivity index (χ3n) is 21.8. The third kappa shape index (κ3) is 10.8. The van der Waals surface area contributed by atoms with Crippen LogP contribution in [0.5, 0.6) is 23.0 Å². The van der Waals surface area contributed by atoms with Crippen molar-refractivity contribution >= 4 is 34.4 Å². The highest BCUT2D eigenvalue weighted by Gasteiger charge is 2.71. The Morgan fingerprint density at radius 2 is 0.990 bits per heavy atom. The highest BCUT2D eigenvalue weighted by Crippen LogP contribution is 2.66. The second-order valence-corrected chi connectivity index (χ2v) is 27.4. The molecule has 22 atom stereocenters. The molecule has 0 aromatic heterocycles. The second kappa shape index (κ2) is 26.5. The summed E-state index contributed by atoms with van der Waals surface area (Å²) in [5.74, 6) is -0.637. The average molecular weight is 1370 g/mol. The average Bonchev–Trinajstić information content (AvgIpc) is 1.40. The molecule has 12 rings (SSSR count). The number of benzene rings is 2. The van der Waals surface area contributed by atoms with E-state index in [2.05, 4.69) is 0 Å². The number of allylic oxidation sites excluding steroid dienone is 4. The maximum Gasteiger partial charge on any atom is 0.204 e. The number of methoxy groups -OCH3 is 2. The molecular formula is C68H88N6O24. The number of carbonyl (C=O) groups excluding carboxylic acids is 4. The summed E-state index contributed by atoms with van der Waals surface area (Å²) in [6.07, 6.45) is -20.8. The Morgan fingerprint density at radius 3 is 1.43 bits per heavy atom. The molecule has 4 saturated heterocycles. The van der Waals surface area contributed by atoms with E-state index in [1.54, 1.807) is 79.5 Å². The first-order valence-corrected chi connectivity index (χ1v) is 33.0. The van der Waals surface area contributed by atoms with Crippen molar-refractivity contribution in [3.05, 3.63) is 103 Å². The van der Waals surface area contributed by atoms with E-state index in [-0.39, 0.29) is 48.2 Å². The van der Waals surface area contributed by atoms with Gasteiger partial charge in [0.05, 0.1) is 112 Å². The van der Waals surface area contributed by atoms with Crippen molar-refractivity contribution < 1.29 is 128 Å². The number of ether oxygens (including phenoxy) is 10. The molecule has 2 aromatic carbocycles. The van der Waals surface area contributed by atoms with Crippen LogP contribution in [0.1, 0.15) is 133 Å². The quantitative estimate of drug-likeness (QED) is 0.0649. The molecule has 16 N–H and O–H groups in total. The predicted molar refractivity (Wildman–Crippen MR) is 335 cm³/mol.